The van der Waals surface area contributed by atoms with Gasteiger partial charge in [-0.25, -0.2) is 0 Å². The topological polar surface area (TPSA) is 15.3 Å². The van der Waals surface area contributed by atoms with E-state index in [9.17, 15) is 0 Å². The van der Waals surface area contributed by atoms with Gasteiger partial charge in [0.05, 0.1) is 0 Å². The standard InChI is InChI=1S/C16H27ClN2/c1-5-13(3)19(6-2)12-11-16(18-4)14-9-7-8-10-15(14)17/h7-10,13,16,18H,5-6,11-12H2,1-4H3. The maximum atomic E-state index is 6.28. The molecule has 2 unspecified atom stereocenters. The summed E-state index contributed by atoms with van der Waals surface area (Å²) in [6.45, 7) is 8.98. The van der Waals surface area contributed by atoms with E-state index in [-0.39, 0.29) is 0 Å². The van der Waals surface area contributed by atoms with Crippen LogP contribution in [0.1, 0.15) is 45.2 Å². The van der Waals surface area contributed by atoms with Crippen molar-refractivity contribution < 1.29 is 0 Å². The van der Waals surface area contributed by atoms with Crippen LogP contribution in [0.3, 0.4) is 0 Å². The molecule has 108 valence electrons. The van der Waals surface area contributed by atoms with Crippen LogP contribution in [0.4, 0.5) is 0 Å². The number of hydrogen-bond acceptors (Lipinski definition) is 2. The molecule has 1 rings (SSSR count). The van der Waals surface area contributed by atoms with Crippen molar-refractivity contribution in [1.82, 2.24) is 10.2 Å². The molecule has 1 aromatic carbocycles. The van der Waals surface area contributed by atoms with Gasteiger partial charge in [0.25, 0.3) is 0 Å². The monoisotopic (exact) mass is 282 g/mol. The summed E-state index contributed by atoms with van der Waals surface area (Å²) in [5, 5.41) is 4.24. The van der Waals surface area contributed by atoms with Gasteiger partial charge in [-0.3, -0.25) is 0 Å². The van der Waals surface area contributed by atoms with Gasteiger partial charge in [-0.05, 0) is 45.0 Å². The first kappa shape index (κ1) is 16.5. The van der Waals surface area contributed by atoms with Crippen molar-refractivity contribution in [1.29, 1.82) is 0 Å². The van der Waals surface area contributed by atoms with Gasteiger partial charge in [0.15, 0.2) is 0 Å². The molecule has 0 saturated heterocycles. The molecule has 3 heteroatoms. The van der Waals surface area contributed by atoms with E-state index in [0.717, 1.165) is 24.5 Å². The van der Waals surface area contributed by atoms with Crippen LogP contribution in [0.15, 0.2) is 24.3 Å². The minimum atomic E-state index is 0.326. The molecule has 0 heterocycles. The lowest BCUT2D eigenvalue weighted by Crippen LogP contribution is -2.35. The molecule has 0 aromatic heterocycles. The first-order chi connectivity index (χ1) is 9.13. The smallest absolute Gasteiger partial charge is 0.0453 e. The fourth-order valence-electron chi connectivity index (χ4n) is 2.46. The Labute approximate surface area is 123 Å². The lowest BCUT2D eigenvalue weighted by Gasteiger charge is -2.29. The van der Waals surface area contributed by atoms with Crippen LogP contribution in [0, 0.1) is 0 Å². The van der Waals surface area contributed by atoms with Crippen molar-refractivity contribution in [2.45, 2.75) is 45.7 Å². The molecule has 2 atom stereocenters. The number of nitrogens with one attached hydrogen (secondary N) is 1. The van der Waals surface area contributed by atoms with Gasteiger partial charge in [0.2, 0.25) is 0 Å². The predicted molar refractivity (Wildman–Crippen MR) is 84.9 cm³/mol. The molecule has 2 nitrogen and oxygen atoms in total. The molecule has 1 aromatic rings. The van der Waals surface area contributed by atoms with Crippen molar-refractivity contribution in [2.24, 2.45) is 0 Å². The fourth-order valence-corrected chi connectivity index (χ4v) is 2.72. The van der Waals surface area contributed by atoms with E-state index in [4.69, 9.17) is 11.6 Å². The van der Waals surface area contributed by atoms with Crippen LogP contribution in [-0.4, -0.2) is 31.1 Å². The Morgan fingerprint density at radius 3 is 2.47 bits per heavy atom. The summed E-state index contributed by atoms with van der Waals surface area (Å²) >= 11 is 6.28. The average Bonchev–Trinajstić information content (AvgIpc) is 2.44. The summed E-state index contributed by atoms with van der Waals surface area (Å²) < 4.78 is 0. The number of nitrogens with zero attached hydrogens (tertiary/aromatic N) is 1. The normalized spacial score (nSPS) is 14.6. The Balaban J connectivity index is 2.65. The highest BCUT2D eigenvalue weighted by Crippen LogP contribution is 2.25. The Morgan fingerprint density at radius 1 is 1.26 bits per heavy atom. The molecule has 0 spiro atoms. The van der Waals surface area contributed by atoms with E-state index in [2.05, 4.69) is 43.1 Å². The van der Waals surface area contributed by atoms with E-state index >= 15 is 0 Å². The van der Waals surface area contributed by atoms with Crippen molar-refractivity contribution >= 4 is 11.6 Å². The number of benzene rings is 1. The number of halogens is 1. The third-order valence-corrected chi connectivity index (χ3v) is 4.30. The van der Waals surface area contributed by atoms with Crippen LogP contribution in [0.5, 0.6) is 0 Å². The second-order valence-electron chi connectivity index (χ2n) is 5.04. The molecule has 0 bridgehead atoms. The largest absolute Gasteiger partial charge is 0.313 e. The molecular weight excluding hydrogens is 256 g/mol. The van der Waals surface area contributed by atoms with Crippen LogP contribution in [-0.2, 0) is 0 Å². The molecule has 0 amide bonds. The zero-order valence-electron chi connectivity index (χ0n) is 12.6. The lowest BCUT2D eigenvalue weighted by atomic mass is 10.0. The summed E-state index contributed by atoms with van der Waals surface area (Å²) in [5.74, 6) is 0. The van der Waals surface area contributed by atoms with Gasteiger partial charge in [-0.1, -0.05) is 43.6 Å². The molecule has 1 N–H and O–H groups in total. The molecule has 0 aliphatic rings. The van der Waals surface area contributed by atoms with E-state index in [1.54, 1.807) is 0 Å². The van der Waals surface area contributed by atoms with Crippen molar-refractivity contribution in [3.8, 4) is 0 Å². The van der Waals surface area contributed by atoms with Gasteiger partial charge in [-0.2, -0.15) is 0 Å². The first-order valence-corrected chi connectivity index (χ1v) is 7.67. The molecule has 19 heavy (non-hydrogen) atoms. The number of hydrogen-bond donors (Lipinski definition) is 1. The minimum absolute atomic E-state index is 0.326. The van der Waals surface area contributed by atoms with Crippen LogP contribution >= 0.6 is 11.6 Å². The second kappa shape index (κ2) is 8.57. The summed E-state index contributed by atoms with van der Waals surface area (Å²) in [5.41, 5.74) is 1.20. The Kier molecular flexibility index (Phi) is 7.44. The van der Waals surface area contributed by atoms with Crippen LogP contribution in [0.25, 0.3) is 0 Å². The van der Waals surface area contributed by atoms with Gasteiger partial charge in [0, 0.05) is 23.7 Å². The first-order valence-electron chi connectivity index (χ1n) is 7.29. The fraction of sp³-hybridized carbons (Fsp3) is 0.625. The van der Waals surface area contributed by atoms with Crippen LogP contribution < -0.4 is 5.32 Å². The van der Waals surface area contributed by atoms with Crippen molar-refractivity contribution in [3.05, 3.63) is 34.9 Å². The molecule has 0 radical (unpaired) electrons. The third-order valence-electron chi connectivity index (χ3n) is 3.95. The van der Waals surface area contributed by atoms with Crippen molar-refractivity contribution in [3.63, 3.8) is 0 Å². The summed E-state index contributed by atoms with van der Waals surface area (Å²) in [6.07, 6.45) is 2.28. The van der Waals surface area contributed by atoms with Crippen molar-refractivity contribution in [2.75, 3.05) is 20.1 Å². The zero-order valence-corrected chi connectivity index (χ0v) is 13.4. The SMILES string of the molecule is CCC(C)N(CC)CCC(NC)c1ccccc1Cl. The maximum Gasteiger partial charge on any atom is 0.0453 e. The number of rotatable bonds is 8. The van der Waals surface area contributed by atoms with E-state index in [1.165, 1.54) is 12.0 Å². The predicted octanol–water partition coefficient (Wildman–Crippen LogP) is 4.11. The Hall–Kier alpha value is -0.570. The second-order valence-corrected chi connectivity index (χ2v) is 5.44. The van der Waals surface area contributed by atoms with E-state index in [0.29, 0.717) is 12.1 Å². The lowest BCUT2D eigenvalue weighted by molar-refractivity contribution is 0.204. The molecule has 0 fully saturated rings. The Morgan fingerprint density at radius 2 is 1.95 bits per heavy atom. The maximum absolute atomic E-state index is 6.28. The molecule has 0 aliphatic heterocycles. The minimum Gasteiger partial charge on any atom is -0.313 e. The third kappa shape index (κ3) is 4.79. The van der Waals surface area contributed by atoms with Crippen LogP contribution in [0.2, 0.25) is 5.02 Å². The molecule has 0 aliphatic carbocycles. The van der Waals surface area contributed by atoms with E-state index < -0.39 is 0 Å². The zero-order chi connectivity index (χ0) is 14.3. The molecule has 0 saturated carbocycles. The average molecular weight is 283 g/mol. The summed E-state index contributed by atoms with van der Waals surface area (Å²) in [4.78, 5) is 2.53. The van der Waals surface area contributed by atoms with Gasteiger partial charge >= 0.3 is 0 Å². The highest BCUT2D eigenvalue weighted by atomic mass is 35.5. The van der Waals surface area contributed by atoms with Gasteiger partial charge in [0.1, 0.15) is 0 Å². The highest BCUT2D eigenvalue weighted by molar-refractivity contribution is 6.31. The summed E-state index contributed by atoms with van der Waals surface area (Å²) in [7, 11) is 2.01. The van der Waals surface area contributed by atoms with Gasteiger partial charge < -0.3 is 10.2 Å². The van der Waals surface area contributed by atoms with Gasteiger partial charge in [-0.15, -0.1) is 0 Å². The quantitative estimate of drug-likeness (QED) is 0.772. The molecular formula is C16H27ClN2. The highest BCUT2D eigenvalue weighted by Gasteiger charge is 2.16. The Bertz CT molecular complexity index is 368. The van der Waals surface area contributed by atoms with E-state index in [1.807, 2.05) is 19.2 Å². The summed E-state index contributed by atoms with van der Waals surface area (Å²) in [6, 6.07) is 9.09.